The van der Waals surface area contributed by atoms with Crippen LogP contribution in [0.4, 0.5) is 4.39 Å². The van der Waals surface area contributed by atoms with Crippen LogP contribution in [-0.2, 0) is 5.54 Å². The van der Waals surface area contributed by atoms with Gasteiger partial charge in [0.15, 0.2) is 0 Å². The SMILES string of the molecule is NC1(c2ccccc2F)CCC(O)CC1. The normalized spacial score (nSPS) is 31.5. The summed E-state index contributed by atoms with van der Waals surface area (Å²) in [6, 6.07) is 6.65. The highest BCUT2D eigenvalue weighted by atomic mass is 19.1. The van der Waals surface area contributed by atoms with E-state index in [2.05, 4.69) is 0 Å². The number of halogens is 1. The molecule has 3 heteroatoms. The Morgan fingerprint density at radius 1 is 1.27 bits per heavy atom. The first-order valence-corrected chi connectivity index (χ1v) is 5.34. The topological polar surface area (TPSA) is 46.2 Å². The highest BCUT2D eigenvalue weighted by Gasteiger charge is 2.34. The summed E-state index contributed by atoms with van der Waals surface area (Å²) in [5.74, 6) is -0.239. The highest BCUT2D eigenvalue weighted by molar-refractivity contribution is 5.26. The van der Waals surface area contributed by atoms with E-state index in [1.807, 2.05) is 0 Å². The Morgan fingerprint density at radius 2 is 1.87 bits per heavy atom. The minimum atomic E-state index is -0.593. The van der Waals surface area contributed by atoms with E-state index in [0.717, 1.165) is 0 Å². The van der Waals surface area contributed by atoms with Crippen molar-refractivity contribution >= 4 is 0 Å². The van der Waals surface area contributed by atoms with Crippen molar-refractivity contribution in [3.8, 4) is 0 Å². The van der Waals surface area contributed by atoms with E-state index >= 15 is 0 Å². The van der Waals surface area contributed by atoms with Crippen LogP contribution in [0.25, 0.3) is 0 Å². The second kappa shape index (κ2) is 3.91. The molecule has 0 unspecified atom stereocenters. The summed E-state index contributed by atoms with van der Waals surface area (Å²) in [7, 11) is 0. The molecule has 15 heavy (non-hydrogen) atoms. The van der Waals surface area contributed by atoms with Crippen LogP contribution in [0.1, 0.15) is 31.2 Å². The molecule has 1 saturated carbocycles. The highest BCUT2D eigenvalue weighted by Crippen LogP contribution is 2.35. The molecule has 0 aromatic heterocycles. The molecule has 1 aromatic carbocycles. The zero-order valence-corrected chi connectivity index (χ0v) is 8.62. The Hall–Kier alpha value is -0.930. The Morgan fingerprint density at radius 3 is 2.47 bits per heavy atom. The fourth-order valence-electron chi connectivity index (χ4n) is 2.25. The van der Waals surface area contributed by atoms with Gasteiger partial charge in [-0.2, -0.15) is 0 Å². The minimum absolute atomic E-state index is 0.239. The lowest BCUT2D eigenvalue weighted by molar-refractivity contribution is 0.0957. The largest absolute Gasteiger partial charge is 0.393 e. The van der Waals surface area contributed by atoms with Crippen molar-refractivity contribution in [2.24, 2.45) is 5.73 Å². The summed E-state index contributed by atoms with van der Waals surface area (Å²) in [6.45, 7) is 0. The van der Waals surface area contributed by atoms with Gasteiger partial charge in [0.05, 0.1) is 6.10 Å². The Labute approximate surface area is 88.9 Å². The second-order valence-corrected chi connectivity index (χ2v) is 4.37. The number of aliphatic hydroxyl groups excluding tert-OH is 1. The summed E-state index contributed by atoms with van der Waals surface area (Å²) in [4.78, 5) is 0. The maximum Gasteiger partial charge on any atom is 0.128 e. The van der Waals surface area contributed by atoms with Crippen molar-refractivity contribution in [3.05, 3.63) is 35.6 Å². The van der Waals surface area contributed by atoms with Crippen molar-refractivity contribution in [1.29, 1.82) is 0 Å². The van der Waals surface area contributed by atoms with Gasteiger partial charge in [-0.25, -0.2) is 4.39 Å². The molecule has 1 aliphatic carbocycles. The summed E-state index contributed by atoms with van der Waals surface area (Å²) in [5.41, 5.74) is 6.18. The third-order valence-corrected chi connectivity index (χ3v) is 3.26. The summed E-state index contributed by atoms with van der Waals surface area (Å²) < 4.78 is 13.6. The van der Waals surface area contributed by atoms with Gasteiger partial charge in [-0.1, -0.05) is 18.2 Å². The van der Waals surface area contributed by atoms with Crippen molar-refractivity contribution in [3.63, 3.8) is 0 Å². The predicted octanol–water partition coefficient (Wildman–Crippen LogP) is 1.91. The van der Waals surface area contributed by atoms with Crippen LogP contribution in [-0.4, -0.2) is 11.2 Å². The minimum Gasteiger partial charge on any atom is -0.393 e. The van der Waals surface area contributed by atoms with Crippen molar-refractivity contribution < 1.29 is 9.50 Å². The predicted molar refractivity (Wildman–Crippen MR) is 56.7 cm³/mol. The molecule has 0 bridgehead atoms. The Kier molecular flexibility index (Phi) is 2.76. The zero-order valence-electron chi connectivity index (χ0n) is 8.62. The van der Waals surface area contributed by atoms with Gasteiger partial charge in [0.2, 0.25) is 0 Å². The van der Waals surface area contributed by atoms with E-state index < -0.39 is 5.54 Å². The molecule has 1 aromatic rings. The molecule has 3 N–H and O–H groups in total. The maximum atomic E-state index is 13.6. The summed E-state index contributed by atoms with van der Waals surface area (Å²) in [6.07, 6.45) is 2.34. The van der Waals surface area contributed by atoms with E-state index in [-0.39, 0.29) is 11.9 Å². The number of hydrogen-bond donors (Lipinski definition) is 2. The average Bonchev–Trinajstić information content (AvgIpc) is 2.23. The average molecular weight is 209 g/mol. The molecule has 0 aliphatic heterocycles. The molecule has 0 amide bonds. The van der Waals surface area contributed by atoms with Crippen molar-refractivity contribution in [2.45, 2.75) is 37.3 Å². The van der Waals surface area contributed by atoms with Crippen molar-refractivity contribution in [2.75, 3.05) is 0 Å². The van der Waals surface area contributed by atoms with E-state index in [1.165, 1.54) is 6.07 Å². The van der Waals surface area contributed by atoms with Gasteiger partial charge >= 0.3 is 0 Å². The fraction of sp³-hybridized carbons (Fsp3) is 0.500. The molecule has 0 radical (unpaired) electrons. The van der Waals surface area contributed by atoms with Gasteiger partial charge in [0, 0.05) is 11.1 Å². The van der Waals surface area contributed by atoms with Gasteiger partial charge in [0.1, 0.15) is 5.82 Å². The van der Waals surface area contributed by atoms with Gasteiger partial charge in [-0.15, -0.1) is 0 Å². The second-order valence-electron chi connectivity index (χ2n) is 4.37. The lowest BCUT2D eigenvalue weighted by Crippen LogP contribution is -2.42. The first kappa shape index (κ1) is 10.6. The van der Waals surface area contributed by atoms with Crippen LogP contribution in [0.2, 0.25) is 0 Å². The molecule has 82 valence electrons. The molecular formula is C12H16FNO. The smallest absolute Gasteiger partial charge is 0.128 e. The van der Waals surface area contributed by atoms with E-state index in [1.54, 1.807) is 18.2 Å². The molecule has 1 fully saturated rings. The Bertz CT molecular complexity index is 345. The molecule has 0 saturated heterocycles. The molecule has 0 spiro atoms. The van der Waals surface area contributed by atoms with Crippen LogP contribution in [0.3, 0.4) is 0 Å². The van der Waals surface area contributed by atoms with E-state index in [0.29, 0.717) is 31.2 Å². The quantitative estimate of drug-likeness (QED) is 0.742. The first-order valence-electron chi connectivity index (χ1n) is 5.34. The van der Waals surface area contributed by atoms with E-state index in [4.69, 9.17) is 5.73 Å². The first-order chi connectivity index (χ1) is 7.12. The lowest BCUT2D eigenvalue weighted by atomic mass is 9.76. The van der Waals surface area contributed by atoms with Gasteiger partial charge in [0.25, 0.3) is 0 Å². The Balaban J connectivity index is 2.26. The van der Waals surface area contributed by atoms with Gasteiger partial charge < -0.3 is 10.8 Å². The number of aliphatic hydroxyl groups is 1. The van der Waals surface area contributed by atoms with Crippen LogP contribution >= 0.6 is 0 Å². The van der Waals surface area contributed by atoms with E-state index in [9.17, 15) is 9.50 Å². The summed E-state index contributed by atoms with van der Waals surface area (Å²) >= 11 is 0. The molecule has 2 nitrogen and oxygen atoms in total. The van der Waals surface area contributed by atoms with Crippen LogP contribution < -0.4 is 5.73 Å². The summed E-state index contributed by atoms with van der Waals surface area (Å²) in [5, 5.41) is 9.41. The molecule has 1 aliphatic rings. The zero-order chi connectivity index (χ0) is 10.9. The van der Waals surface area contributed by atoms with Gasteiger partial charge in [-0.05, 0) is 31.7 Å². The third-order valence-electron chi connectivity index (χ3n) is 3.26. The number of rotatable bonds is 1. The maximum absolute atomic E-state index is 13.6. The van der Waals surface area contributed by atoms with Crippen LogP contribution in [0.15, 0.2) is 24.3 Å². The van der Waals surface area contributed by atoms with Gasteiger partial charge in [-0.3, -0.25) is 0 Å². The standard InChI is InChI=1S/C12H16FNO/c13-11-4-2-1-3-10(11)12(14)7-5-9(15)6-8-12/h1-4,9,15H,5-8,14H2. The van der Waals surface area contributed by atoms with Crippen LogP contribution in [0, 0.1) is 5.82 Å². The monoisotopic (exact) mass is 209 g/mol. The number of benzene rings is 1. The molecule has 0 atom stereocenters. The fourth-order valence-corrected chi connectivity index (χ4v) is 2.25. The van der Waals surface area contributed by atoms with Crippen LogP contribution in [0.5, 0.6) is 0 Å². The molecule has 2 rings (SSSR count). The lowest BCUT2D eigenvalue weighted by Gasteiger charge is -2.36. The number of nitrogens with two attached hydrogens (primary N) is 1. The van der Waals surface area contributed by atoms with Crippen molar-refractivity contribution in [1.82, 2.24) is 0 Å². The number of hydrogen-bond acceptors (Lipinski definition) is 2. The molecule has 0 heterocycles. The third kappa shape index (κ3) is 2.03. The molecular weight excluding hydrogens is 193 g/mol.